The van der Waals surface area contributed by atoms with Gasteiger partial charge in [-0.15, -0.1) is 0 Å². The Hall–Kier alpha value is -3.06. The standard InChI is InChI=1S/C20H19ClN2O5/c1-3-26-16-9-13(14(21)10-17(16)28-11-18(24)27-4-2)19-22-15-8-6-5-7-12(15)20(25)23-19/h5-10H,3-4,11H2,1-2H3,(H,22,23,25). The van der Waals surface area contributed by atoms with Gasteiger partial charge in [-0.25, -0.2) is 9.78 Å². The highest BCUT2D eigenvalue weighted by molar-refractivity contribution is 6.33. The fourth-order valence-corrected chi connectivity index (χ4v) is 2.89. The molecule has 0 atom stereocenters. The predicted octanol–water partition coefficient (Wildman–Crippen LogP) is 3.58. The predicted molar refractivity (Wildman–Crippen MR) is 106 cm³/mol. The van der Waals surface area contributed by atoms with Crippen molar-refractivity contribution in [3.05, 3.63) is 51.8 Å². The van der Waals surface area contributed by atoms with Crippen LogP contribution in [0.4, 0.5) is 0 Å². The highest BCUT2D eigenvalue weighted by Crippen LogP contribution is 2.37. The summed E-state index contributed by atoms with van der Waals surface area (Å²) in [5.41, 5.74) is 0.770. The van der Waals surface area contributed by atoms with Crippen LogP contribution in [0.2, 0.25) is 5.02 Å². The summed E-state index contributed by atoms with van der Waals surface area (Å²) in [6.45, 7) is 3.90. The molecule has 0 aliphatic heterocycles. The van der Waals surface area contributed by atoms with Crippen molar-refractivity contribution >= 4 is 28.5 Å². The third-order valence-electron chi connectivity index (χ3n) is 3.85. The smallest absolute Gasteiger partial charge is 0.344 e. The number of nitrogens with zero attached hydrogens (tertiary/aromatic N) is 1. The van der Waals surface area contributed by atoms with Gasteiger partial charge in [-0.3, -0.25) is 4.79 Å². The van der Waals surface area contributed by atoms with Crippen molar-refractivity contribution in [2.24, 2.45) is 0 Å². The summed E-state index contributed by atoms with van der Waals surface area (Å²) in [4.78, 5) is 31.1. The molecule has 0 fully saturated rings. The Morgan fingerprint density at radius 1 is 1.11 bits per heavy atom. The number of carbonyl (C=O) groups excluding carboxylic acids is 1. The molecule has 1 N–H and O–H groups in total. The Kier molecular flexibility index (Phi) is 6.16. The van der Waals surface area contributed by atoms with Gasteiger partial charge in [-0.1, -0.05) is 23.7 Å². The number of aromatic amines is 1. The molecule has 0 aliphatic carbocycles. The molecule has 2 aromatic carbocycles. The van der Waals surface area contributed by atoms with Crippen LogP contribution in [-0.4, -0.2) is 35.8 Å². The number of ether oxygens (including phenoxy) is 3. The fourth-order valence-electron chi connectivity index (χ4n) is 2.65. The number of esters is 1. The van der Waals surface area contributed by atoms with Crippen molar-refractivity contribution in [2.45, 2.75) is 13.8 Å². The van der Waals surface area contributed by atoms with Gasteiger partial charge in [0.1, 0.15) is 5.82 Å². The van der Waals surface area contributed by atoms with Crippen LogP contribution in [0.5, 0.6) is 11.5 Å². The largest absolute Gasteiger partial charge is 0.490 e. The van der Waals surface area contributed by atoms with E-state index in [0.717, 1.165) is 0 Å². The molecule has 7 nitrogen and oxygen atoms in total. The van der Waals surface area contributed by atoms with Crippen LogP contribution in [0.15, 0.2) is 41.2 Å². The van der Waals surface area contributed by atoms with E-state index in [9.17, 15) is 9.59 Å². The summed E-state index contributed by atoms with van der Waals surface area (Å²) in [6, 6.07) is 10.2. The maximum absolute atomic E-state index is 12.4. The van der Waals surface area contributed by atoms with Gasteiger partial charge < -0.3 is 19.2 Å². The number of rotatable bonds is 7. The Morgan fingerprint density at radius 2 is 1.86 bits per heavy atom. The van der Waals surface area contributed by atoms with Crippen molar-refractivity contribution in [3.63, 3.8) is 0 Å². The Morgan fingerprint density at radius 3 is 2.61 bits per heavy atom. The van der Waals surface area contributed by atoms with Crippen LogP contribution in [-0.2, 0) is 9.53 Å². The molecular weight excluding hydrogens is 384 g/mol. The summed E-state index contributed by atoms with van der Waals surface area (Å²) in [5.74, 6) is 0.492. The van der Waals surface area contributed by atoms with Crippen LogP contribution in [0.25, 0.3) is 22.3 Å². The number of hydrogen-bond donors (Lipinski definition) is 1. The second-order valence-electron chi connectivity index (χ2n) is 5.74. The van der Waals surface area contributed by atoms with Crippen molar-refractivity contribution < 1.29 is 19.0 Å². The van der Waals surface area contributed by atoms with Crippen LogP contribution in [0.3, 0.4) is 0 Å². The molecule has 0 amide bonds. The first-order valence-electron chi connectivity index (χ1n) is 8.77. The Labute approximate surface area is 166 Å². The molecule has 1 aromatic heterocycles. The molecule has 3 rings (SSSR count). The number of fused-ring (bicyclic) bond motifs is 1. The van der Waals surface area contributed by atoms with E-state index in [0.29, 0.717) is 45.4 Å². The van der Waals surface area contributed by atoms with Crippen molar-refractivity contribution in [3.8, 4) is 22.9 Å². The summed E-state index contributed by atoms with van der Waals surface area (Å²) >= 11 is 6.40. The first-order valence-corrected chi connectivity index (χ1v) is 9.15. The van der Waals surface area contributed by atoms with Gasteiger partial charge in [0.2, 0.25) is 0 Å². The van der Waals surface area contributed by atoms with Gasteiger partial charge in [-0.05, 0) is 32.0 Å². The molecular formula is C20H19ClN2O5. The first kappa shape index (κ1) is 19.7. The molecule has 0 saturated heterocycles. The topological polar surface area (TPSA) is 90.5 Å². The van der Waals surface area contributed by atoms with Gasteiger partial charge in [0, 0.05) is 11.6 Å². The van der Waals surface area contributed by atoms with E-state index in [-0.39, 0.29) is 18.8 Å². The molecule has 0 aliphatic rings. The average molecular weight is 403 g/mol. The zero-order chi connectivity index (χ0) is 20.1. The number of benzene rings is 2. The minimum atomic E-state index is -0.495. The van der Waals surface area contributed by atoms with E-state index in [1.165, 1.54) is 6.07 Å². The summed E-state index contributed by atoms with van der Waals surface area (Å²) in [6.07, 6.45) is 0. The summed E-state index contributed by atoms with van der Waals surface area (Å²) < 4.78 is 16.0. The molecule has 0 bridgehead atoms. The van der Waals surface area contributed by atoms with Crippen molar-refractivity contribution in [1.29, 1.82) is 0 Å². The molecule has 8 heteroatoms. The minimum Gasteiger partial charge on any atom is -0.490 e. The zero-order valence-electron chi connectivity index (χ0n) is 15.5. The summed E-state index contributed by atoms with van der Waals surface area (Å²) in [7, 11) is 0. The lowest BCUT2D eigenvalue weighted by atomic mass is 10.1. The molecule has 0 spiro atoms. The Balaban J connectivity index is 2.01. The zero-order valence-corrected chi connectivity index (χ0v) is 16.2. The van der Waals surface area contributed by atoms with Crippen molar-refractivity contribution in [1.82, 2.24) is 9.97 Å². The minimum absolute atomic E-state index is 0.265. The molecule has 0 unspecified atom stereocenters. The molecule has 28 heavy (non-hydrogen) atoms. The van der Waals surface area contributed by atoms with Crippen LogP contribution in [0.1, 0.15) is 13.8 Å². The summed E-state index contributed by atoms with van der Waals surface area (Å²) in [5, 5.41) is 0.780. The monoisotopic (exact) mass is 402 g/mol. The maximum atomic E-state index is 12.4. The van der Waals surface area contributed by atoms with Crippen LogP contribution < -0.4 is 15.0 Å². The van der Waals surface area contributed by atoms with Crippen molar-refractivity contribution in [2.75, 3.05) is 19.8 Å². The normalized spacial score (nSPS) is 10.7. The second kappa shape index (κ2) is 8.75. The van der Waals surface area contributed by atoms with E-state index >= 15 is 0 Å². The van der Waals surface area contributed by atoms with E-state index in [2.05, 4.69) is 9.97 Å². The Bertz CT molecular complexity index is 1060. The lowest BCUT2D eigenvalue weighted by Crippen LogP contribution is -2.15. The van der Waals surface area contributed by atoms with E-state index in [1.54, 1.807) is 37.3 Å². The highest BCUT2D eigenvalue weighted by Gasteiger charge is 2.16. The number of para-hydroxylation sites is 1. The average Bonchev–Trinajstić information content (AvgIpc) is 2.68. The van der Waals surface area contributed by atoms with Gasteiger partial charge in [-0.2, -0.15) is 0 Å². The van der Waals surface area contributed by atoms with Gasteiger partial charge in [0.05, 0.1) is 29.1 Å². The molecule has 146 valence electrons. The number of halogens is 1. The maximum Gasteiger partial charge on any atom is 0.344 e. The number of carbonyl (C=O) groups is 1. The molecule has 3 aromatic rings. The third kappa shape index (κ3) is 4.26. The van der Waals surface area contributed by atoms with Crippen LogP contribution in [0, 0.1) is 0 Å². The van der Waals surface area contributed by atoms with E-state index in [1.807, 2.05) is 6.92 Å². The highest BCUT2D eigenvalue weighted by atomic mass is 35.5. The molecule has 1 heterocycles. The lowest BCUT2D eigenvalue weighted by molar-refractivity contribution is -0.145. The number of H-pyrrole nitrogens is 1. The third-order valence-corrected chi connectivity index (χ3v) is 4.16. The number of hydrogen-bond acceptors (Lipinski definition) is 6. The van der Waals surface area contributed by atoms with E-state index in [4.69, 9.17) is 25.8 Å². The fraction of sp³-hybridized carbons (Fsp3) is 0.250. The van der Waals surface area contributed by atoms with E-state index < -0.39 is 5.97 Å². The SMILES string of the molecule is CCOC(=O)COc1cc(Cl)c(-c2nc3ccccc3c(=O)[nH]2)cc1OCC. The van der Waals surface area contributed by atoms with Gasteiger partial charge in [0.15, 0.2) is 18.1 Å². The first-order chi connectivity index (χ1) is 13.5. The second-order valence-corrected chi connectivity index (χ2v) is 6.14. The lowest BCUT2D eigenvalue weighted by Gasteiger charge is -2.14. The van der Waals surface area contributed by atoms with Gasteiger partial charge >= 0.3 is 5.97 Å². The quantitative estimate of drug-likeness (QED) is 0.607. The van der Waals surface area contributed by atoms with Crippen LogP contribution >= 0.6 is 11.6 Å². The number of nitrogens with one attached hydrogen (secondary N) is 1. The molecule has 0 radical (unpaired) electrons. The molecule has 0 saturated carbocycles. The number of aromatic nitrogens is 2. The van der Waals surface area contributed by atoms with Gasteiger partial charge in [0.25, 0.3) is 5.56 Å².